The van der Waals surface area contributed by atoms with E-state index in [0.29, 0.717) is 27.8 Å². The lowest BCUT2D eigenvalue weighted by molar-refractivity contribution is -0.138. The first-order valence-electron chi connectivity index (χ1n) is 8.00. The standard InChI is InChI=1S/C18H17Cl2N3O3/c19-11-6-12(20)16-13(7-11)22-15(17(24)25)8-14(16)23-18(26)21-9-10-4-2-1-3-5-10/h1-7,14-15,22H,8-9H2,(H,24,25)(H2,21,23,26). The van der Waals surface area contributed by atoms with Crippen molar-refractivity contribution in [1.82, 2.24) is 10.6 Å². The topological polar surface area (TPSA) is 90.5 Å². The van der Waals surface area contributed by atoms with Crippen LogP contribution in [0.25, 0.3) is 0 Å². The number of carbonyl (C=O) groups is 2. The Morgan fingerprint density at radius 3 is 2.62 bits per heavy atom. The first-order valence-corrected chi connectivity index (χ1v) is 8.76. The van der Waals surface area contributed by atoms with E-state index in [-0.39, 0.29) is 6.42 Å². The lowest BCUT2D eigenvalue weighted by Crippen LogP contribution is -2.44. The summed E-state index contributed by atoms with van der Waals surface area (Å²) in [5.74, 6) is -1.01. The van der Waals surface area contributed by atoms with Crippen molar-refractivity contribution in [2.45, 2.75) is 25.0 Å². The molecule has 2 amide bonds. The number of benzene rings is 2. The molecule has 2 aromatic carbocycles. The summed E-state index contributed by atoms with van der Waals surface area (Å²) in [6.45, 7) is 0.362. The second-order valence-electron chi connectivity index (χ2n) is 5.98. The summed E-state index contributed by atoms with van der Waals surface area (Å²) >= 11 is 12.3. The molecule has 0 aromatic heterocycles. The van der Waals surface area contributed by atoms with E-state index in [2.05, 4.69) is 16.0 Å². The highest BCUT2D eigenvalue weighted by atomic mass is 35.5. The molecule has 26 heavy (non-hydrogen) atoms. The maximum absolute atomic E-state index is 12.3. The largest absolute Gasteiger partial charge is 0.480 e. The molecule has 1 aliphatic rings. The van der Waals surface area contributed by atoms with Crippen LogP contribution in [0, 0.1) is 0 Å². The van der Waals surface area contributed by atoms with E-state index in [1.807, 2.05) is 30.3 Å². The maximum atomic E-state index is 12.3. The van der Waals surface area contributed by atoms with Gasteiger partial charge >= 0.3 is 12.0 Å². The van der Waals surface area contributed by atoms with Gasteiger partial charge in [0, 0.05) is 34.3 Å². The van der Waals surface area contributed by atoms with Crippen molar-refractivity contribution in [2.75, 3.05) is 5.32 Å². The van der Waals surface area contributed by atoms with E-state index < -0.39 is 24.1 Å². The molecule has 1 aliphatic heterocycles. The van der Waals surface area contributed by atoms with Crippen LogP contribution in [0.3, 0.4) is 0 Å². The molecule has 0 bridgehead atoms. The van der Waals surface area contributed by atoms with Crippen LogP contribution in [0.4, 0.5) is 10.5 Å². The minimum atomic E-state index is -1.01. The fourth-order valence-corrected chi connectivity index (χ4v) is 3.56. The van der Waals surface area contributed by atoms with Crippen molar-refractivity contribution in [1.29, 1.82) is 0 Å². The van der Waals surface area contributed by atoms with E-state index >= 15 is 0 Å². The van der Waals surface area contributed by atoms with Gasteiger partial charge in [-0.2, -0.15) is 0 Å². The number of aliphatic carboxylic acids is 1. The zero-order chi connectivity index (χ0) is 18.7. The SMILES string of the molecule is O=C(NCc1ccccc1)NC1CC(C(=O)O)Nc2cc(Cl)cc(Cl)c21. The molecule has 4 N–H and O–H groups in total. The van der Waals surface area contributed by atoms with Crippen molar-refractivity contribution in [3.63, 3.8) is 0 Å². The van der Waals surface area contributed by atoms with Crippen LogP contribution in [-0.4, -0.2) is 23.1 Å². The fraction of sp³-hybridized carbons (Fsp3) is 0.222. The van der Waals surface area contributed by atoms with Gasteiger partial charge in [0.1, 0.15) is 6.04 Å². The molecule has 8 heteroatoms. The second-order valence-corrected chi connectivity index (χ2v) is 6.83. The molecule has 0 spiro atoms. The molecule has 0 saturated carbocycles. The van der Waals surface area contributed by atoms with Gasteiger partial charge in [0.15, 0.2) is 0 Å². The number of carboxylic acid groups (broad SMARTS) is 1. The zero-order valence-electron chi connectivity index (χ0n) is 13.6. The predicted octanol–water partition coefficient (Wildman–Crippen LogP) is 3.80. The third-order valence-corrected chi connectivity index (χ3v) is 4.67. The smallest absolute Gasteiger partial charge is 0.326 e. The molecule has 0 aliphatic carbocycles. The summed E-state index contributed by atoms with van der Waals surface area (Å²) < 4.78 is 0. The van der Waals surface area contributed by atoms with E-state index in [4.69, 9.17) is 23.2 Å². The van der Waals surface area contributed by atoms with Crippen LogP contribution in [0.15, 0.2) is 42.5 Å². The lowest BCUT2D eigenvalue weighted by atomic mass is 9.93. The number of amides is 2. The summed E-state index contributed by atoms with van der Waals surface area (Å²) in [6.07, 6.45) is 0.169. The molecule has 2 aromatic rings. The zero-order valence-corrected chi connectivity index (χ0v) is 15.1. The Morgan fingerprint density at radius 1 is 1.19 bits per heavy atom. The Morgan fingerprint density at radius 2 is 1.92 bits per heavy atom. The summed E-state index contributed by atoms with van der Waals surface area (Å²) in [4.78, 5) is 23.7. The molecule has 3 rings (SSSR count). The summed E-state index contributed by atoms with van der Waals surface area (Å²) in [6, 6.07) is 10.9. The van der Waals surface area contributed by atoms with Crippen molar-refractivity contribution >= 4 is 40.9 Å². The van der Waals surface area contributed by atoms with Crippen molar-refractivity contribution < 1.29 is 14.7 Å². The molecule has 1 heterocycles. The number of carbonyl (C=O) groups excluding carboxylic acids is 1. The number of rotatable bonds is 4. The molecule has 2 atom stereocenters. The highest BCUT2D eigenvalue weighted by Crippen LogP contribution is 2.39. The van der Waals surface area contributed by atoms with Gasteiger partial charge in [0.2, 0.25) is 0 Å². The number of halogens is 2. The van der Waals surface area contributed by atoms with Crippen LogP contribution in [-0.2, 0) is 11.3 Å². The Labute approximate surface area is 160 Å². The first-order chi connectivity index (χ1) is 12.4. The van der Waals surface area contributed by atoms with E-state index in [9.17, 15) is 14.7 Å². The number of anilines is 1. The highest BCUT2D eigenvalue weighted by Gasteiger charge is 2.33. The number of carboxylic acids is 1. The molecule has 0 radical (unpaired) electrons. The predicted molar refractivity (Wildman–Crippen MR) is 101 cm³/mol. The average molecular weight is 394 g/mol. The summed E-state index contributed by atoms with van der Waals surface area (Å²) in [5.41, 5.74) is 2.10. The van der Waals surface area contributed by atoms with Crippen molar-refractivity contribution in [3.05, 3.63) is 63.6 Å². The fourth-order valence-electron chi connectivity index (χ4n) is 2.94. The van der Waals surface area contributed by atoms with Gasteiger partial charge in [-0.1, -0.05) is 53.5 Å². The second kappa shape index (κ2) is 7.85. The molecule has 0 fully saturated rings. The van der Waals surface area contributed by atoms with Gasteiger partial charge in [-0.25, -0.2) is 9.59 Å². The summed E-state index contributed by atoms with van der Waals surface area (Å²) in [5, 5.41) is 18.6. The molecule has 0 saturated heterocycles. The monoisotopic (exact) mass is 393 g/mol. The number of nitrogens with one attached hydrogen (secondary N) is 3. The van der Waals surface area contributed by atoms with Gasteiger partial charge in [-0.3, -0.25) is 0 Å². The molecule has 6 nitrogen and oxygen atoms in total. The molecule has 136 valence electrons. The van der Waals surface area contributed by atoms with E-state index in [1.54, 1.807) is 12.1 Å². The first kappa shape index (κ1) is 18.4. The Hall–Kier alpha value is -2.44. The van der Waals surface area contributed by atoms with Crippen LogP contribution < -0.4 is 16.0 Å². The normalized spacial score (nSPS) is 18.4. The van der Waals surface area contributed by atoms with Crippen LogP contribution >= 0.6 is 23.2 Å². The van der Waals surface area contributed by atoms with E-state index in [0.717, 1.165) is 5.56 Å². The van der Waals surface area contributed by atoms with Crippen molar-refractivity contribution in [3.8, 4) is 0 Å². The van der Waals surface area contributed by atoms with Crippen LogP contribution in [0.2, 0.25) is 10.0 Å². The Kier molecular flexibility index (Phi) is 5.54. The molecule has 2 unspecified atom stereocenters. The lowest BCUT2D eigenvalue weighted by Gasteiger charge is -2.32. The number of hydrogen-bond acceptors (Lipinski definition) is 3. The van der Waals surface area contributed by atoms with Gasteiger partial charge in [0.25, 0.3) is 0 Å². The third kappa shape index (κ3) is 4.20. The Balaban J connectivity index is 1.76. The average Bonchev–Trinajstić information content (AvgIpc) is 2.60. The Bertz CT molecular complexity index is 830. The highest BCUT2D eigenvalue weighted by molar-refractivity contribution is 6.35. The van der Waals surface area contributed by atoms with Crippen LogP contribution in [0.1, 0.15) is 23.6 Å². The third-order valence-electron chi connectivity index (χ3n) is 4.14. The van der Waals surface area contributed by atoms with Crippen LogP contribution in [0.5, 0.6) is 0 Å². The minimum Gasteiger partial charge on any atom is -0.480 e. The quantitative estimate of drug-likeness (QED) is 0.635. The maximum Gasteiger partial charge on any atom is 0.326 e. The van der Waals surface area contributed by atoms with Gasteiger partial charge in [-0.15, -0.1) is 0 Å². The van der Waals surface area contributed by atoms with Crippen molar-refractivity contribution in [2.24, 2.45) is 0 Å². The van der Waals surface area contributed by atoms with Gasteiger partial charge in [0.05, 0.1) is 6.04 Å². The number of hydrogen-bond donors (Lipinski definition) is 4. The van der Waals surface area contributed by atoms with E-state index in [1.165, 1.54) is 0 Å². The summed E-state index contributed by atoms with van der Waals surface area (Å²) in [7, 11) is 0. The number of fused-ring (bicyclic) bond motifs is 1. The number of urea groups is 1. The minimum absolute atomic E-state index is 0.169. The van der Waals surface area contributed by atoms with Gasteiger partial charge < -0.3 is 21.1 Å². The van der Waals surface area contributed by atoms with Gasteiger partial charge in [-0.05, 0) is 17.7 Å². The molecular formula is C18H17Cl2N3O3. The molecular weight excluding hydrogens is 377 g/mol.